The zero-order valence-corrected chi connectivity index (χ0v) is 11.1. The summed E-state index contributed by atoms with van der Waals surface area (Å²) < 4.78 is 0. The zero-order valence-electron chi connectivity index (χ0n) is 11.1. The van der Waals surface area contributed by atoms with E-state index >= 15 is 0 Å². The molecule has 0 unspecified atom stereocenters. The third-order valence-corrected chi connectivity index (χ3v) is 4.24. The molecule has 1 saturated carbocycles. The number of benzene rings is 1. The molecule has 3 heteroatoms. The van der Waals surface area contributed by atoms with E-state index in [1.54, 1.807) is 0 Å². The number of nitrogens with one attached hydrogen (secondary N) is 1. The van der Waals surface area contributed by atoms with E-state index in [0.29, 0.717) is 0 Å². The molecule has 0 aliphatic heterocycles. The van der Waals surface area contributed by atoms with Crippen LogP contribution in [-0.2, 0) is 0 Å². The number of aliphatic hydroxyl groups excluding tert-OH is 1. The fraction of sp³-hybridized carbons (Fsp3) is 0.438. The van der Waals surface area contributed by atoms with Gasteiger partial charge in [-0.25, -0.2) is 4.98 Å². The average Bonchev–Trinajstić information content (AvgIpc) is 2.94. The molecule has 2 N–H and O–H groups in total. The molecule has 2 aromatic rings. The smallest absolute Gasteiger partial charge is 0.126 e. The van der Waals surface area contributed by atoms with Crippen molar-refractivity contribution in [3.63, 3.8) is 0 Å². The molecule has 0 spiro atoms. The first-order valence-electron chi connectivity index (χ1n) is 7.02. The molecule has 0 saturated heterocycles. The molecule has 1 heterocycles. The molecule has 0 amide bonds. The van der Waals surface area contributed by atoms with E-state index in [0.717, 1.165) is 36.1 Å². The number of hydrogen-bond donors (Lipinski definition) is 2. The number of aromatic nitrogens is 1. The van der Waals surface area contributed by atoms with E-state index in [-0.39, 0.29) is 12.0 Å². The minimum Gasteiger partial charge on any atom is -0.396 e. The minimum atomic E-state index is 0.0628. The number of aliphatic hydroxyl groups is 1. The molecule has 0 atom stereocenters. The van der Waals surface area contributed by atoms with Crippen LogP contribution in [0.4, 0.5) is 5.82 Å². The molecule has 1 aliphatic carbocycles. The number of para-hydroxylation sites is 1. The Morgan fingerprint density at radius 2 is 1.89 bits per heavy atom. The molecular weight excluding hydrogens is 236 g/mol. The van der Waals surface area contributed by atoms with Gasteiger partial charge in [0.2, 0.25) is 0 Å². The molecule has 100 valence electrons. The highest BCUT2D eigenvalue weighted by molar-refractivity contribution is 5.80. The molecule has 0 radical (unpaired) electrons. The van der Waals surface area contributed by atoms with Crippen molar-refractivity contribution in [2.24, 2.45) is 5.41 Å². The highest BCUT2D eigenvalue weighted by Crippen LogP contribution is 2.37. The van der Waals surface area contributed by atoms with Gasteiger partial charge in [0, 0.05) is 17.3 Å². The Bertz CT molecular complexity index is 561. The van der Waals surface area contributed by atoms with Crippen LogP contribution >= 0.6 is 0 Å². The maximum Gasteiger partial charge on any atom is 0.126 e. The van der Waals surface area contributed by atoms with Crippen molar-refractivity contribution in [1.29, 1.82) is 0 Å². The number of fused-ring (bicyclic) bond motifs is 1. The second-order valence-electron chi connectivity index (χ2n) is 5.61. The van der Waals surface area contributed by atoms with Crippen molar-refractivity contribution < 1.29 is 5.11 Å². The van der Waals surface area contributed by atoms with Crippen LogP contribution < -0.4 is 5.32 Å². The summed E-state index contributed by atoms with van der Waals surface area (Å²) in [7, 11) is 0. The molecule has 1 fully saturated rings. The average molecular weight is 256 g/mol. The van der Waals surface area contributed by atoms with Gasteiger partial charge in [0.15, 0.2) is 0 Å². The van der Waals surface area contributed by atoms with Gasteiger partial charge in [-0.1, -0.05) is 31.0 Å². The van der Waals surface area contributed by atoms with Gasteiger partial charge in [0.25, 0.3) is 0 Å². The van der Waals surface area contributed by atoms with Gasteiger partial charge < -0.3 is 10.4 Å². The van der Waals surface area contributed by atoms with Crippen LogP contribution in [0.5, 0.6) is 0 Å². The molecule has 1 aromatic carbocycles. The number of hydrogen-bond acceptors (Lipinski definition) is 3. The van der Waals surface area contributed by atoms with Crippen molar-refractivity contribution in [2.75, 3.05) is 18.5 Å². The minimum absolute atomic E-state index is 0.0628. The van der Waals surface area contributed by atoms with Crippen LogP contribution in [0.3, 0.4) is 0 Å². The number of nitrogens with zero attached hydrogens (tertiary/aromatic N) is 1. The van der Waals surface area contributed by atoms with E-state index in [1.807, 2.05) is 24.3 Å². The van der Waals surface area contributed by atoms with Gasteiger partial charge in [-0.15, -0.1) is 0 Å². The molecular formula is C16H20N2O. The summed E-state index contributed by atoms with van der Waals surface area (Å²) in [4.78, 5) is 4.61. The Hall–Kier alpha value is -1.61. The van der Waals surface area contributed by atoms with Crippen molar-refractivity contribution in [3.05, 3.63) is 36.4 Å². The van der Waals surface area contributed by atoms with Gasteiger partial charge >= 0.3 is 0 Å². The Labute approximate surface area is 113 Å². The fourth-order valence-corrected chi connectivity index (χ4v) is 2.96. The van der Waals surface area contributed by atoms with Gasteiger partial charge in [-0.05, 0) is 31.0 Å². The van der Waals surface area contributed by atoms with Crippen LogP contribution in [0.15, 0.2) is 36.4 Å². The van der Waals surface area contributed by atoms with Crippen molar-refractivity contribution in [3.8, 4) is 0 Å². The SMILES string of the molecule is OCC1(CNc2ccc3ccccc3n2)CCCC1. The lowest BCUT2D eigenvalue weighted by atomic mass is 9.87. The van der Waals surface area contributed by atoms with Gasteiger partial charge in [-0.2, -0.15) is 0 Å². The van der Waals surface area contributed by atoms with Gasteiger partial charge in [-0.3, -0.25) is 0 Å². The predicted molar refractivity (Wildman–Crippen MR) is 78.2 cm³/mol. The second kappa shape index (κ2) is 5.17. The lowest BCUT2D eigenvalue weighted by Gasteiger charge is -2.26. The molecule has 1 aromatic heterocycles. The standard InChI is InChI=1S/C16H20N2O/c19-12-16(9-3-4-10-16)11-17-15-8-7-13-5-1-2-6-14(13)18-15/h1-2,5-8,19H,3-4,9-12H2,(H,17,18). The van der Waals surface area contributed by atoms with E-state index < -0.39 is 0 Å². The fourth-order valence-electron chi connectivity index (χ4n) is 2.96. The van der Waals surface area contributed by atoms with Gasteiger partial charge in [0.05, 0.1) is 12.1 Å². The molecule has 0 bridgehead atoms. The lowest BCUT2D eigenvalue weighted by molar-refractivity contribution is 0.142. The summed E-state index contributed by atoms with van der Waals surface area (Å²) in [6, 6.07) is 12.2. The van der Waals surface area contributed by atoms with Crippen LogP contribution in [-0.4, -0.2) is 23.2 Å². The van der Waals surface area contributed by atoms with E-state index in [4.69, 9.17) is 0 Å². The normalized spacial score (nSPS) is 17.7. The Kier molecular flexibility index (Phi) is 3.38. The third-order valence-electron chi connectivity index (χ3n) is 4.24. The Morgan fingerprint density at radius 3 is 2.68 bits per heavy atom. The summed E-state index contributed by atoms with van der Waals surface area (Å²) in [5.41, 5.74) is 1.07. The molecule has 1 aliphatic rings. The quantitative estimate of drug-likeness (QED) is 0.883. The summed E-state index contributed by atoms with van der Waals surface area (Å²) in [5.74, 6) is 0.901. The zero-order chi connectivity index (χ0) is 13.1. The first-order chi connectivity index (χ1) is 9.31. The summed E-state index contributed by atoms with van der Waals surface area (Å²) >= 11 is 0. The van der Waals surface area contributed by atoms with E-state index in [1.165, 1.54) is 12.8 Å². The van der Waals surface area contributed by atoms with E-state index in [2.05, 4.69) is 22.4 Å². The van der Waals surface area contributed by atoms with Gasteiger partial charge in [0.1, 0.15) is 5.82 Å². The molecule has 19 heavy (non-hydrogen) atoms. The van der Waals surface area contributed by atoms with Crippen LogP contribution in [0.2, 0.25) is 0 Å². The summed E-state index contributed by atoms with van der Waals surface area (Å²) in [6.45, 7) is 1.09. The first kappa shape index (κ1) is 12.4. The summed E-state index contributed by atoms with van der Waals surface area (Å²) in [5, 5.41) is 14.2. The van der Waals surface area contributed by atoms with E-state index in [9.17, 15) is 5.11 Å². The van der Waals surface area contributed by atoms with Crippen molar-refractivity contribution in [2.45, 2.75) is 25.7 Å². The molecule has 3 rings (SSSR count). The topological polar surface area (TPSA) is 45.1 Å². The summed E-state index contributed by atoms with van der Waals surface area (Å²) in [6.07, 6.45) is 4.69. The molecule has 3 nitrogen and oxygen atoms in total. The van der Waals surface area contributed by atoms with Crippen LogP contribution in [0.25, 0.3) is 10.9 Å². The predicted octanol–water partition coefficient (Wildman–Crippen LogP) is 3.20. The Morgan fingerprint density at radius 1 is 1.11 bits per heavy atom. The first-order valence-corrected chi connectivity index (χ1v) is 7.02. The highest BCUT2D eigenvalue weighted by Gasteiger charge is 2.32. The van der Waals surface area contributed by atoms with Crippen molar-refractivity contribution >= 4 is 16.7 Å². The highest BCUT2D eigenvalue weighted by atomic mass is 16.3. The number of pyridine rings is 1. The largest absolute Gasteiger partial charge is 0.396 e. The number of anilines is 1. The van der Waals surface area contributed by atoms with Crippen molar-refractivity contribution in [1.82, 2.24) is 4.98 Å². The van der Waals surface area contributed by atoms with Crippen LogP contribution in [0, 0.1) is 5.41 Å². The monoisotopic (exact) mass is 256 g/mol. The third kappa shape index (κ3) is 2.56. The second-order valence-corrected chi connectivity index (χ2v) is 5.61. The van der Waals surface area contributed by atoms with Crippen LogP contribution in [0.1, 0.15) is 25.7 Å². The maximum atomic E-state index is 9.61. The lowest BCUT2D eigenvalue weighted by Crippen LogP contribution is -2.30. The Balaban J connectivity index is 1.74. The maximum absolute atomic E-state index is 9.61. The number of rotatable bonds is 4.